The SMILES string of the molecule is C#CCC(NC(=O)NCC=C)C(=O)O. The fourth-order valence-corrected chi connectivity index (χ4v) is 0.692. The van der Waals surface area contributed by atoms with Gasteiger partial charge in [0.1, 0.15) is 6.04 Å². The molecule has 0 spiro atoms. The van der Waals surface area contributed by atoms with Gasteiger partial charge in [-0.05, 0) is 0 Å². The molecule has 0 bridgehead atoms. The first-order chi connectivity index (χ1) is 6.61. The summed E-state index contributed by atoms with van der Waals surface area (Å²) < 4.78 is 0. The summed E-state index contributed by atoms with van der Waals surface area (Å²) in [7, 11) is 0. The average molecular weight is 196 g/mol. The van der Waals surface area contributed by atoms with Crippen LogP contribution in [0.25, 0.3) is 0 Å². The number of hydrogen-bond donors (Lipinski definition) is 3. The molecule has 0 fully saturated rings. The first-order valence-corrected chi connectivity index (χ1v) is 3.93. The number of terminal acetylenes is 1. The number of amides is 2. The molecule has 0 aromatic carbocycles. The summed E-state index contributed by atoms with van der Waals surface area (Å²) in [6.45, 7) is 3.66. The topological polar surface area (TPSA) is 78.4 Å². The second kappa shape index (κ2) is 6.54. The average Bonchev–Trinajstić information content (AvgIpc) is 2.14. The second-order valence-electron chi connectivity index (χ2n) is 2.44. The van der Waals surface area contributed by atoms with Crippen molar-refractivity contribution in [2.75, 3.05) is 6.54 Å². The van der Waals surface area contributed by atoms with Gasteiger partial charge in [-0.2, -0.15) is 0 Å². The minimum absolute atomic E-state index is 0.0448. The Labute approximate surface area is 82.2 Å². The standard InChI is InChI=1S/C9H12N2O3/c1-3-5-7(8(12)13)11-9(14)10-6-4-2/h1,4,7H,2,5-6H2,(H,12,13)(H2,10,11,14). The van der Waals surface area contributed by atoms with Crippen LogP contribution in [0, 0.1) is 12.3 Å². The van der Waals surface area contributed by atoms with Gasteiger partial charge in [0, 0.05) is 13.0 Å². The smallest absolute Gasteiger partial charge is 0.327 e. The van der Waals surface area contributed by atoms with E-state index in [0.29, 0.717) is 0 Å². The highest BCUT2D eigenvalue weighted by molar-refractivity contribution is 5.82. The number of urea groups is 1. The number of rotatable bonds is 5. The van der Waals surface area contributed by atoms with Gasteiger partial charge in [0.05, 0.1) is 0 Å². The summed E-state index contributed by atoms with van der Waals surface area (Å²) >= 11 is 0. The van der Waals surface area contributed by atoms with E-state index in [9.17, 15) is 9.59 Å². The van der Waals surface area contributed by atoms with Crippen molar-refractivity contribution in [1.29, 1.82) is 0 Å². The van der Waals surface area contributed by atoms with E-state index in [1.54, 1.807) is 0 Å². The second-order valence-corrected chi connectivity index (χ2v) is 2.44. The number of aliphatic carboxylic acids is 1. The largest absolute Gasteiger partial charge is 0.480 e. The van der Waals surface area contributed by atoms with Crippen LogP contribution in [-0.4, -0.2) is 29.7 Å². The van der Waals surface area contributed by atoms with Crippen molar-refractivity contribution >= 4 is 12.0 Å². The third-order valence-electron chi connectivity index (χ3n) is 1.33. The summed E-state index contributed by atoms with van der Waals surface area (Å²) in [4.78, 5) is 21.5. The van der Waals surface area contributed by atoms with Gasteiger partial charge in [-0.25, -0.2) is 9.59 Å². The molecule has 0 aliphatic carbocycles. The Morgan fingerprint density at radius 2 is 2.29 bits per heavy atom. The van der Waals surface area contributed by atoms with Crippen LogP contribution in [-0.2, 0) is 4.79 Å². The zero-order valence-corrected chi connectivity index (χ0v) is 7.62. The first-order valence-electron chi connectivity index (χ1n) is 3.93. The fraction of sp³-hybridized carbons (Fsp3) is 0.333. The van der Waals surface area contributed by atoms with Crippen LogP contribution < -0.4 is 10.6 Å². The van der Waals surface area contributed by atoms with Crippen molar-refractivity contribution in [1.82, 2.24) is 10.6 Å². The molecule has 76 valence electrons. The maximum atomic E-state index is 11.0. The van der Waals surface area contributed by atoms with E-state index in [1.165, 1.54) is 6.08 Å². The van der Waals surface area contributed by atoms with Gasteiger partial charge < -0.3 is 15.7 Å². The van der Waals surface area contributed by atoms with Crippen molar-refractivity contribution in [3.63, 3.8) is 0 Å². The Balaban J connectivity index is 4.03. The summed E-state index contributed by atoms with van der Waals surface area (Å²) in [5, 5.41) is 13.2. The molecule has 1 unspecified atom stereocenters. The van der Waals surface area contributed by atoms with Crippen LogP contribution in [0.1, 0.15) is 6.42 Å². The molecule has 0 rings (SSSR count). The molecule has 5 heteroatoms. The summed E-state index contributed by atoms with van der Waals surface area (Å²) in [6.07, 6.45) is 6.38. The van der Waals surface area contributed by atoms with E-state index >= 15 is 0 Å². The van der Waals surface area contributed by atoms with Gasteiger partial charge >= 0.3 is 12.0 Å². The lowest BCUT2D eigenvalue weighted by Crippen LogP contribution is -2.45. The molecule has 1 atom stereocenters. The van der Waals surface area contributed by atoms with Gasteiger partial charge in [-0.1, -0.05) is 6.08 Å². The van der Waals surface area contributed by atoms with Crippen molar-refractivity contribution in [2.24, 2.45) is 0 Å². The highest BCUT2D eigenvalue weighted by Crippen LogP contribution is 1.90. The maximum absolute atomic E-state index is 11.0. The summed E-state index contributed by atoms with van der Waals surface area (Å²) in [5.74, 6) is 1.01. The molecule has 0 aromatic rings. The summed E-state index contributed by atoms with van der Waals surface area (Å²) in [6, 6.07) is -1.63. The van der Waals surface area contributed by atoms with E-state index < -0.39 is 18.0 Å². The third kappa shape index (κ3) is 4.83. The van der Waals surface area contributed by atoms with Crippen molar-refractivity contribution in [2.45, 2.75) is 12.5 Å². The first kappa shape index (κ1) is 12.0. The van der Waals surface area contributed by atoms with Crippen molar-refractivity contribution < 1.29 is 14.7 Å². The molecular weight excluding hydrogens is 184 g/mol. The Bertz CT molecular complexity index is 268. The molecule has 5 nitrogen and oxygen atoms in total. The van der Waals surface area contributed by atoms with Gasteiger partial charge in [0.25, 0.3) is 0 Å². The van der Waals surface area contributed by atoms with Gasteiger partial charge in [-0.3, -0.25) is 0 Å². The minimum Gasteiger partial charge on any atom is -0.480 e. The zero-order valence-electron chi connectivity index (χ0n) is 7.62. The van der Waals surface area contributed by atoms with Gasteiger partial charge in [0.2, 0.25) is 0 Å². The molecular formula is C9H12N2O3. The van der Waals surface area contributed by atoms with Crippen LogP contribution in [0.15, 0.2) is 12.7 Å². The number of carbonyl (C=O) groups excluding carboxylic acids is 1. The zero-order chi connectivity index (χ0) is 11.0. The van der Waals surface area contributed by atoms with Crippen molar-refractivity contribution in [3.8, 4) is 12.3 Å². The molecule has 0 aliphatic heterocycles. The normalized spacial score (nSPS) is 10.8. The molecule has 14 heavy (non-hydrogen) atoms. The van der Waals surface area contributed by atoms with Gasteiger partial charge in [0.15, 0.2) is 0 Å². The molecule has 0 aromatic heterocycles. The monoisotopic (exact) mass is 196 g/mol. The molecule has 2 amide bonds. The van der Waals surface area contributed by atoms with Gasteiger partial charge in [-0.15, -0.1) is 18.9 Å². The molecule has 0 heterocycles. The molecule has 0 saturated carbocycles. The van der Waals surface area contributed by atoms with E-state index in [2.05, 4.69) is 23.1 Å². The van der Waals surface area contributed by atoms with Crippen LogP contribution >= 0.6 is 0 Å². The lowest BCUT2D eigenvalue weighted by Gasteiger charge is -2.11. The number of carboxylic acid groups (broad SMARTS) is 1. The number of nitrogens with one attached hydrogen (secondary N) is 2. The van der Waals surface area contributed by atoms with E-state index in [1.807, 2.05) is 0 Å². The number of carboxylic acids is 1. The van der Waals surface area contributed by atoms with Crippen molar-refractivity contribution in [3.05, 3.63) is 12.7 Å². The lowest BCUT2D eigenvalue weighted by molar-refractivity contribution is -0.139. The molecule has 0 radical (unpaired) electrons. The number of hydrogen-bond acceptors (Lipinski definition) is 2. The predicted molar refractivity (Wildman–Crippen MR) is 51.6 cm³/mol. The quantitative estimate of drug-likeness (QED) is 0.426. The molecule has 3 N–H and O–H groups in total. The Morgan fingerprint density at radius 3 is 2.71 bits per heavy atom. The highest BCUT2D eigenvalue weighted by Gasteiger charge is 2.17. The maximum Gasteiger partial charge on any atom is 0.327 e. The highest BCUT2D eigenvalue weighted by atomic mass is 16.4. The Hall–Kier alpha value is -1.96. The van der Waals surface area contributed by atoms with E-state index in [0.717, 1.165) is 0 Å². The Kier molecular flexibility index (Phi) is 5.63. The lowest BCUT2D eigenvalue weighted by atomic mass is 10.2. The minimum atomic E-state index is -1.16. The predicted octanol–water partition coefficient (Wildman–Crippen LogP) is -0.0519. The van der Waals surface area contributed by atoms with E-state index in [4.69, 9.17) is 11.5 Å². The van der Waals surface area contributed by atoms with Crippen LogP contribution in [0.4, 0.5) is 4.79 Å². The fourth-order valence-electron chi connectivity index (χ4n) is 0.692. The number of carbonyl (C=O) groups is 2. The Morgan fingerprint density at radius 1 is 1.64 bits per heavy atom. The van der Waals surface area contributed by atoms with Crippen LogP contribution in [0.5, 0.6) is 0 Å². The molecule has 0 aliphatic rings. The summed E-state index contributed by atoms with van der Waals surface area (Å²) in [5.41, 5.74) is 0. The van der Waals surface area contributed by atoms with E-state index in [-0.39, 0.29) is 13.0 Å². The van der Waals surface area contributed by atoms with Crippen LogP contribution in [0.2, 0.25) is 0 Å². The molecule has 0 saturated heterocycles. The van der Waals surface area contributed by atoms with Crippen LogP contribution in [0.3, 0.4) is 0 Å². The third-order valence-corrected chi connectivity index (χ3v) is 1.33.